The lowest BCUT2D eigenvalue weighted by molar-refractivity contribution is 0.687. The molecule has 0 saturated heterocycles. The van der Waals surface area contributed by atoms with Crippen LogP contribution in [0.25, 0.3) is 5.95 Å². The highest BCUT2D eigenvalue weighted by Gasteiger charge is 2.20. The molecule has 1 N–H and O–H groups in total. The van der Waals surface area contributed by atoms with Crippen LogP contribution in [0.1, 0.15) is 18.4 Å². The third kappa shape index (κ3) is 2.09. The number of hydrogen-bond acceptors (Lipinski definition) is 4. The quantitative estimate of drug-likeness (QED) is 0.823. The number of hydrogen-bond donors (Lipinski definition) is 1. The zero-order valence-corrected chi connectivity index (χ0v) is 8.87. The van der Waals surface area contributed by atoms with Gasteiger partial charge in [-0.05, 0) is 18.9 Å². The van der Waals surface area contributed by atoms with Gasteiger partial charge in [-0.2, -0.15) is 5.10 Å². The summed E-state index contributed by atoms with van der Waals surface area (Å²) < 4.78 is 1.70. The normalized spacial score (nSPS) is 15.2. The predicted molar refractivity (Wildman–Crippen MR) is 59.0 cm³/mol. The maximum atomic E-state index is 4.24. The van der Waals surface area contributed by atoms with Crippen molar-refractivity contribution in [1.82, 2.24) is 25.1 Å². The highest BCUT2D eigenvalue weighted by molar-refractivity contribution is 5.13. The minimum Gasteiger partial charge on any atom is -0.310 e. The first-order valence-corrected chi connectivity index (χ1v) is 5.46. The average Bonchev–Trinajstić information content (AvgIpc) is 3.05. The molecule has 0 unspecified atom stereocenters. The lowest BCUT2D eigenvalue weighted by Crippen LogP contribution is -2.14. The molecular weight excluding hydrogens is 202 g/mol. The van der Waals surface area contributed by atoms with E-state index in [2.05, 4.69) is 20.4 Å². The monoisotopic (exact) mass is 215 g/mol. The number of aromatic nitrogens is 4. The van der Waals surface area contributed by atoms with Gasteiger partial charge in [0.1, 0.15) is 0 Å². The van der Waals surface area contributed by atoms with Crippen LogP contribution >= 0.6 is 0 Å². The minimum atomic E-state index is 0.611. The fraction of sp³-hybridized carbons (Fsp3) is 0.364. The molecule has 0 bridgehead atoms. The Morgan fingerprint density at radius 2 is 2.12 bits per heavy atom. The highest BCUT2D eigenvalue weighted by atomic mass is 15.3. The van der Waals surface area contributed by atoms with Crippen molar-refractivity contribution in [2.24, 2.45) is 0 Å². The van der Waals surface area contributed by atoms with Crippen molar-refractivity contribution in [2.75, 3.05) is 0 Å². The van der Waals surface area contributed by atoms with Crippen molar-refractivity contribution >= 4 is 0 Å². The molecule has 2 aromatic rings. The largest absolute Gasteiger partial charge is 0.310 e. The summed E-state index contributed by atoms with van der Waals surface area (Å²) >= 11 is 0. The van der Waals surface area contributed by atoms with E-state index in [-0.39, 0.29) is 0 Å². The maximum Gasteiger partial charge on any atom is 0.250 e. The Kier molecular flexibility index (Phi) is 2.38. The SMILES string of the molecule is c1cnc(-n2cc(CNC3CC3)cn2)nc1. The number of nitrogens with zero attached hydrogens (tertiary/aromatic N) is 4. The summed E-state index contributed by atoms with van der Waals surface area (Å²) in [5.74, 6) is 0.611. The van der Waals surface area contributed by atoms with Crippen LogP contribution in [0.3, 0.4) is 0 Å². The van der Waals surface area contributed by atoms with Crippen molar-refractivity contribution in [3.05, 3.63) is 36.4 Å². The minimum absolute atomic E-state index is 0.611. The lowest BCUT2D eigenvalue weighted by Gasteiger charge is -1.98. The molecule has 0 aromatic carbocycles. The summed E-state index contributed by atoms with van der Waals surface area (Å²) in [5.41, 5.74) is 1.17. The molecule has 0 aliphatic heterocycles. The maximum absolute atomic E-state index is 4.24. The second kappa shape index (κ2) is 4.02. The Bertz CT molecular complexity index is 460. The van der Waals surface area contributed by atoms with Gasteiger partial charge in [-0.25, -0.2) is 14.6 Å². The van der Waals surface area contributed by atoms with Gasteiger partial charge in [-0.15, -0.1) is 0 Å². The molecule has 0 amide bonds. The summed E-state index contributed by atoms with van der Waals surface area (Å²) in [7, 11) is 0. The molecule has 0 atom stereocenters. The van der Waals surface area contributed by atoms with Crippen LogP contribution in [0.5, 0.6) is 0 Å². The van der Waals surface area contributed by atoms with Gasteiger partial charge in [0.15, 0.2) is 0 Å². The van der Waals surface area contributed by atoms with Crippen LogP contribution < -0.4 is 5.32 Å². The van der Waals surface area contributed by atoms with Crippen LogP contribution in [0.2, 0.25) is 0 Å². The van der Waals surface area contributed by atoms with E-state index in [9.17, 15) is 0 Å². The van der Waals surface area contributed by atoms with Gasteiger partial charge in [0.25, 0.3) is 0 Å². The van der Waals surface area contributed by atoms with E-state index in [1.54, 1.807) is 23.1 Å². The Morgan fingerprint density at radius 1 is 1.31 bits per heavy atom. The van der Waals surface area contributed by atoms with Crippen molar-refractivity contribution in [3.8, 4) is 5.95 Å². The lowest BCUT2D eigenvalue weighted by atomic mass is 10.3. The summed E-state index contributed by atoms with van der Waals surface area (Å²) in [6.45, 7) is 0.873. The number of nitrogens with one attached hydrogen (secondary N) is 1. The molecule has 3 rings (SSSR count). The standard InChI is InChI=1S/C11H13N5/c1-4-12-11(13-5-1)16-8-9(7-15-16)6-14-10-2-3-10/h1,4-5,7-8,10,14H,2-3,6H2. The van der Waals surface area contributed by atoms with E-state index in [1.807, 2.05) is 12.4 Å². The molecule has 2 heterocycles. The molecule has 1 aliphatic rings. The van der Waals surface area contributed by atoms with E-state index in [0.717, 1.165) is 12.6 Å². The van der Waals surface area contributed by atoms with Crippen molar-refractivity contribution < 1.29 is 0 Å². The van der Waals surface area contributed by atoms with E-state index in [4.69, 9.17) is 0 Å². The summed E-state index contributed by atoms with van der Waals surface area (Å²) in [4.78, 5) is 8.28. The first-order chi connectivity index (χ1) is 7.92. The van der Waals surface area contributed by atoms with Gasteiger partial charge in [0, 0.05) is 36.7 Å². The second-order valence-electron chi connectivity index (χ2n) is 4.00. The first-order valence-electron chi connectivity index (χ1n) is 5.46. The van der Waals surface area contributed by atoms with Crippen LogP contribution in [0.15, 0.2) is 30.9 Å². The van der Waals surface area contributed by atoms with Crippen molar-refractivity contribution in [3.63, 3.8) is 0 Å². The summed E-state index contributed by atoms with van der Waals surface area (Å²) in [5, 5.41) is 7.68. The van der Waals surface area contributed by atoms with Crippen molar-refractivity contribution in [1.29, 1.82) is 0 Å². The molecule has 5 nitrogen and oxygen atoms in total. The second-order valence-corrected chi connectivity index (χ2v) is 4.00. The topological polar surface area (TPSA) is 55.6 Å². The van der Waals surface area contributed by atoms with Crippen molar-refractivity contribution in [2.45, 2.75) is 25.4 Å². The zero-order valence-electron chi connectivity index (χ0n) is 8.87. The van der Waals surface area contributed by atoms with E-state index < -0.39 is 0 Å². The molecule has 0 spiro atoms. The van der Waals surface area contributed by atoms with E-state index >= 15 is 0 Å². The molecular formula is C11H13N5. The van der Waals surface area contributed by atoms with Gasteiger partial charge in [-0.1, -0.05) is 0 Å². The first kappa shape index (κ1) is 9.47. The molecule has 1 aliphatic carbocycles. The Morgan fingerprint density at radius 3 is 2.88 bits per heavy atom. The summed E-state index contributed by atoms with van der Waals surface area (Å²) in [6.07, 6.45) is 9.85. The fourth-order valence-electron chi connectivity index (χ4n) is 1.52. The smallest absolute Gasteiger partial charge is 0.250 e. The van der Waals surface area contributed by atoms with Gasteiger partial charge in [-0.3, -0.25) is 0 Å². The number of rotatable bonds is 4. The Hall–Kier alpha value is -1.75. The van der Waals surface area contributed by atoms with E-state index in [0.29, 0.717) is 5.95 Å². The third-order valence-electron chi connectivity index (χ3n) is 2.57. The fourth-order valence-corrected chi connectivity index (χ4v) is 1.52. The molecule has 1 saturated carbocycles. The van der Waals surface area contributed by atoms with Crippen LogP contribution in [-0.2, 0) is 6.54 Å². The average molecular weight is 215 g/mol. The van der Waals surface area contributed by atoms with Crippen LogP contribution in [0.4, 0.5) is 0 Å². The molecule has 0 radical (unpaired) electrons. The van der Waals surface area contributed by atoms with Crippen LogP contribution in [-0.4, -0.2) is 25.8 Å². The van der Waals surface area contributed by atoms with Gasteiger partial charge < -0.3 is 5.32 Å². The third-order valence-corrected chi connectivity index (χ3v) is 2.57. The molecule has 82 valence electrons. The Labute approximate surface area is 93.5 Å². The van der Waals surface area contributed by atoms with Gasteiger partial charge in [0.2, 0.25) is 5.95 Å². The highest BCUT2D eigenvalue weighted by Crippen LogP contribution is 2.19. The molecule has 16 heavy (non-hydrogen) atoms. The molecule has 1 fully saturated rings. The summed E-state index contributed by atoms with van der Waals surface area (Å²) in [6, 6.07) is 2.51. The molecule has 5 heteroatoms. The van der Waals surface area contributed by atoms with E-state index in [1.165, 1.54) is 18.4 Å². The predicted octanol–water partition coefficient (Wildman–Crippen LogP) is 0.914. The van der Waals surface area contributed by atoms with Crippen LogP contribution in [0, 0.1) is 0 Å². The van der Waals surface area contributed by atoms with Gasteiger partial charge in [0.05, 0.1) is 6.20 Å². The Balaban J connectivity index is 1.71. The van der Waals surface area contributed by atoms with Gasteiger partial charge >= 0.3 is 0 Å². The molecule has 2 aromatic heterocycles. The zero-order chi connectivity index (χ0) is 10.8.